The number of nitrogen functional groups attached to an aromatic ring is 1. The number of hydrogen-bond acceptors (Lipinski definition) is 5. The predicted molar refractivity (Wildman–Crippen MR) is 116 cm³/mol. The fourth-order valence-electron chi connectivity index (χ4n) is 4.78. The third kappa shape index (κ3) is 4.70. The van der Waals surface area contributed by atoms with E-state index in [1.54, 1.807) is 0 Å². The lowest BCUT2D eigenvalue weighted by atomic mass is 9.92. The molecule has 2 fully saturated rings. The SMILES string of the molecule is CC1CN(CCC(=O)N2CCCC(c3nc4ccccc4cc3N)C2)CC(C)O1. The highest BCUT2D eigenvalue weighted by Gasteiger charge is 2.28. The second-order valence-electron chi connectivity index (χ2n) is 8.60. The molecule has 0 bridgehead atoms. The summed E-state index contributed by atoms with van der Waals surface area (Å²) in [6, 6.07) is 10.1. The standard InChI is InChI=1S/C23H32N4O2/c1-16-13-26(14-17(2)29-16)11-9-22(28)27-10-5-7-19(15-27)23-20(24)12-18-6-3-4-8-21(18)25-23/h3-4,6,8,12,16-17,19H,5,7,9-11,13-15,24H2,1-2H3. The number of piperidine rings is 1. The van der Waals surface area contributed by atoms with E-state index in [1.807, 2.05) is 35.2 Å². The van der Waals surface area contributed by atoms with Gasteiger partial charge in [-0.15, -0.1) is 0 Å². The number of aromatic nitrogens is 1. The van der Waals surface area contributed by atoms with Crippen molar-refractivity contribution >= 4 is 22.5 Å². The largest absolute Gasteiger partial charge is 0.397 e. The summed E-state index contributed by atoms with van der Waals surface area (Å²) in [7, 11) is 0. The number of amides is 1. The number of hydrogen-bond donors (Lipinski definition) is 1. The molecular weight excluding hydrogens is 364 g/mol. The van der Waals surface area contributed by atoms with Gasteiger partial charge in [0.05, 0.1) is 29.1 Å². The van der Waals surface area contributed by atoms with Crippen molar-refractivity contribution in [2.24, 2.45) is 0 Å². The lowest BCUT2D eigenvalue weighted by molar-refractivity contribution is -0.133. The van der Waals surface area contributed by atoms with Gasteiger partial charge in [0, 0.05) is 50.4 Å². The first-order valence-corrected chi connectivity index (χ1v) is 10.8. The summed E-state index contributed by atoms with van der Waals surface area (Å²) in [5, 5.41) is 1.06. The maximum absolute atomic E-state index is 12.9. The third-order valence-corrected chi connectivity index (χ3v) is 6.08. The Kier molecular flexibility index (Phi) is 6.01. The van der Waals surface area contributed by atoms with Crippen LogP contribution in [0.15, 0.2) is 30.3 Å². The van der Waals surface area contributed by atoms with Gasteiger partial charge in [0.25, 0.3) is 0 Å². The van der Waals surface area contributed by atoms with Crippen molar-refractivity contribution in [3.8, 4) is 0 Å². The smallest absolute Gasteiger partial charge is 0.223 e. The molecule has 2 aliphatic rings. The van der Waals surface area contributed by atoms with Gasteiger partial charge in [-0.2, -0.15) is 0 Å². The van der Waals surface area contributed by atoms with Gasteiger partial charge >= 0.3 is 0 Å². The van der Waals surface area contributed by atoms with Crippen LogP contribution in [0.5, 0.6) is 0 Å². The van der Waals surface area contributed by atoms with Crippen molar-refractivity contribution in [2.45, 2.75) is 51.2 Å². The van der Waals surface area contributed by atoms with Gasteiger partial charge in [-0.3, -0.25) is 14.7 Å². The van der Waals surface area contributed by atoms with E-state index in [2.05, 4.69) is 18.7 Å². The molecule has 2 N–H and O–H groups in total. The van der Waals surface area contributed by atoms with Crippen LogP contribution in [0.2, 0.25) is 0 Å². The molecule has 3 atom stereocenters. The molecule has 1 aromatic heterocycles. The topological polar surface area (TPSA) is 71.7 Å². The van der Waals surface area contributed by atoms with Crippen LogP contribution in [0.4, 0.5) is 5.69 Å². The number of carbonyl (C=O) groups is 1. The molecule has 4 rings (SSSR count). The van der Waals surface area contributed by atoms with Crippen LogP contribution in [0, 0.1) is 0 Å². The number of morpholine rings is 1. The summed E-state index contributed by atoms with van der Waals surface area (Å²) in [6.45, 7) is 8.34. The van der Waals surface area contributed by atoms with E-state index >= 15 is 0 Å². The number of nitrogens with zero attached hydrogens (tertiary/aromatic N) is 3. The number of likely N-dealkylation sites (tertiary alicyclic amines) is 1. The minimum Gasteiger partial charge on any atom is -0.397 e. The van der Waals surface area contributed by atoms with Crippen LogP contribution in [-0.4, -0.2) is 65.6 Å². The van der Waals surface area contributed by atoms with Crippen LogP contribution in [0.3, 0.4) is 0 Å². The highest BCUT2D eigenvalue weighted by molar-refractivity contribution is 5.82. The zero-order valence-electron chi connectivity index (χ0n) is 17.5. The first kappa shape index (κ1) is 20.1. The van der Waals surface area contributed by atoms with Crippen molar-refractivity contribution < 1.29 is 9.53 Å². The molecule has 0 saturated carbocycles. The van der Waals surface area contributed by atoms with Crippen molar-refractivity contribution in [3.05, 3.63) is 36.0 Å². The molecule has 0 aliphatic carbocycles. The Morgan fingerprint density at radius 1 is 1.21 bits per heavy atom. The van der Waals surface area contributed by atoms with Gasteiger partial charge in [0.15, 0.2) is 0 Å². The van der Waals surface area contributed by atoms with Crippen LogP contribution < -0.4 is 5.73 Å². The number of benzene rings is 1. The van der Waals surface area contributed by atoms with E-state index in [0.717, 1.165) is 61.3 Å². The van der Waals surface area contributed by atoms with Gasteiger partial charge in [-0.1, -0.05) is 18.2 Å². The molecule has 1 amide bonds. The summed E-state index contributed by atoms with van der Waals surface area (Å²) >= 11 is 0. The first-order valence-electron chi connectivity index (χ1n) is 10.8. The van der Waals surface area contributed by atoms with Gasteiger partial charge in [-0.25, -0.2) is 0 Å². The van der Waals surface area contributed by atoms with Crippen molar-refractivity contribution in [1.29, 1.82) is 0 Å². The maximum atomic E-state index is 12.9. The maximum Gasteiger partial charge on any atom is 0.223 e. The second-order valence-corrected chi connectivity index (χ2v) is 8.60. The molecule has 1 aromatic carbocycles. The summed E-state index contributed by atoms with van der Waals surface area (Å²) in [5.41, 5.74) is 8.98. The molecule has 3 unspecified atom stereocenters. The molecule has 3 heterocycles. The van der Waals surface area contributed by atoms with Gasteiger partial charge in [0.2, 0.25) is 5.91 Å². The number of rotatable bonds is 4. The van der Waals surface area contributed by atoms with Crippen molar-refractivity contribution in [2.75, 3.05) is 38.5 Å². The Hall–Kier alpha value is -2.18. The molecule has 6 heteroatoms. The number of anilines is 1. The molecule has 2 saturated heterocycles. The number of ether oxygens (including phenoxy) is 1. The Labute approximate surface area is 173 Å². The third-order valence-electron chi connectivity index (χ3n) is 6.08. The lowest BCUT2D eigenvalue weighted by Crippen LogP contribution is -2.47. The van der Waals surface area contributed by atoms with E-state index in [1.165, 1.54) is 0 Å². The molecule has 0 spiro atoms. The molecular formula is C23H32N4O2. The summed E-state index contributed by atoms with van der Waals surface area (Å²) in [5.74, 6) is 0.446. The average molecular weight is 397 g/mol. The van der Waals surface area contributed by atoms with Crippen LogP contribution in [0.1, 0.15) is 44.7 Å². The Morgan fingerprint density at radius 2 is 1.97 bits per heavy atom. The van der Waals surface area contributed by atoms with Crippen molar-refractivity contribution in [3.63, 3.8) is 0 Å². The van der Waals surface area contributed by atoms with Crippen LogP contribution in [0.25, 0.3) is 10.9 Å². The van der Waals surface area contributed by atoms with E-state index in [4.69, 9.17) is 15.5 Å². The fourth-order valence-corrected chi connectivity index (χ4v) is 4.78. The summed E-state index contributed by atoms with van der Waals surface area (Å²) in [6.07, 6.45) is 3.05. The average Bonchev–Trinajstić information content (AvgIpc) is 2.71. The van der Waals surface area contributed by atoms with Crippen LogP contribution in [-0.2, 0) is 9.53 Å². The molecule has 2 aliphatic heterocycles. The highest BCUT2D eigenvalue weighted by atomic mass is 16.5. The number of nitrogens with two attached hydrogens (primary N) is 1. The zero-order chi connectivity index (χ0) is 20.4. The number of fused-ring (bicyclic) bond motifs is 1. The van der Waals surface area contributed by atoms with Crippen LogP contribution >= 0.6 is 0 Å². The molecule has 29 heavy (non-hydrogen) atoms. The monoisotopic (exact) mass is 396 g/mol. The minimum atomic E-state index is 0.209. The Balaban J connectivity index is 1.39. The Bertz CT molecular complexity index is 861. The van der Waals surface area contributed by atoms with Gasteiger partial charge in [0.1, 0.15) is 0 Å². The van der Waals surface area contributed by atoms with Gasteiger partial charge in [-0.05, 0) is 38.8 Å². The van der Waals surface area contributed by atoms with E-state index < -0.39 is 0 Å². The highest BCUT2D eigenvalue weighted by Crippen LogP contribution is 2.31. The Morgan fingerprint density at radius 3 is 2.76 bits per heavy atom. The normalized spacial score (nSPS) is 26.0. The molecule has 6 nitrogen and oxygen atoms in total. The van der Waals surface area contributed by atoms with Gasteiger partial charge < -0.3 is 15.4 Å². The number of para-hydroxylation sites is 1. The quantitative estimate of drug-likeness (QED) is 0.860. The van der Waals surface area contributed by atoms with E-state index in [-0.39, 0.29) is 24.0 Å². The summed E-state index contributed by atoms with van der Waals surface area (Å²) < 4.78 is 5.79. The lowest BCUT2D eigenvalue weighted by Gasteiger charge is -2.36. The first-order chi connectivity index (χ1) is 14.0. The summed E-state index contributed by atoms with van der Waals surface area (Å²) in [4.78, 5) is 22.1. The molecule has 156 valence electrons. The molecule has 0 radical (unpaired) electrons. The molecule has 2 aromatic rings. The fraction of sp³-hybridized carbons (Fsp3) is 0.565. The van der Waals surface area contributed by atoms with E-state index in [0.29, 0.717) is 13.0 Å². The number of carbonyl (C=O) groups excluding carboxylic acids is 1. The predicted octanol–water partition coefficient (Wildman–Crippen LogP) is 3.02. The zero-order valence-corrected chi connectivity index (χ0v) is 17.5. The van der Waals surface area contributed by atoms with E-state index in [9.17, 15) is 4.79 Å². The van der Waals surface area contributed by atoms with Crippen molar-refractivity contribution in [1.82, 2.24) is 14.8 Å². The second kappa shape index (κ2) is 8.67. The minimum absolute atomic E-state index is 0.209. The number of pyridine rings is 1.